The first-order valence-electron chi connectivity index (χ1n) is 7.29. The van der Waals surface area contributed by atoms with Gasteiger partial charge >= 0.3 is 0 Å². The lowest BCUT2D eigenvalue weighted by atomic mass is 9.88. The minimum atomic E-state index is -0.0764. The van der Waals surface area contributed by atoms with Crippen molar-refractivity contribution in [3.05, 3.63) is 24.2 Å². The van der Waals surface area contributed by atoms with Crippen molar-refractivity contribution in [1.29, 1.82) is 0 Å². The van der Waals surface area contributed by atoms with E-state index in [4.69, 9.17) is 13.9 Å². The molecule has 5 heteroatoms. The van der Waals surface area contributed by atoms with Gasteiger partial charge in [0.1, 0.15) is 6.26 Å². The van der Waals surface area contributed by atoms with E-state index in [2.05, 4.69) is 0 Å². The van der Waals surface area contributed by atoms with Crippen LogP contribution in [0, 0.1) is 0 Å². The maximum Gasteiger partial charge on any atom is 0.257 e. The second-order valence-corrected chi connectivity index (χ2v) is 5.58. The Morgan fingerprint density at radius 3 is 2.95 bits per heavy atom. The van der Waals surface area contributed by atoms with E-state index in [1.54, 1.807) is 6.07 Å². The lowest BCUT2D eigenvalue weighted by molar-refractivity contribution is -0.0407. The number of furan rings is 1. The Hall–Kier alpha value is -1.33. The van der Waals surface area contributed by atoms with E-state index in [9.17, 15) is 4.79 Å². The standard InChI is InChI=1S/C15H21NO4/c1-2-19-13-9-15(20-11-13)4-6-16(7-5-15)14(17)12-3-8-18-10-12/h3,8,10,13H,2,4-7,9,11H2,1H3/t13-/m0/s1. The largest absolute Gasteiger partial charge is 0.472 e. The first-order valence-corrected chi connectivity index (χ1v) is 7.29. The maximum absolute atomic E-state index is 12.2. The molecule has 0 radical (unpaired) electrons. The molecule has 2 aliphatic rings. The van der Waals surface area contributed by atoms with E-state index in [1.807, 2.05) is 11.8 Å². The van der Waals surface area contributed by atoms with Gasteiger partial charge in [-0.15, -0.1) is 0 Å². The summed E-state index contributed by atoms with van der Waals surface area (Å²) >= 11 is 0. The molecule has 0 aromatic carbocycles. The number of amides is 1. The highest BCUT2D eigenvalue weighted by molar-refractivity contribution is 5.93. The second-order valence-electron chi connectivity index (χ2n) is 5.58. The van der Waals surface area contributed by atoms with E-state index >= 15 is 0 Å². The van der Waals surface area contributed by atoms with Gasteiger partial charge in [0, 0.05) is 26.1 Å². The number of ether oxygens (including phenoxy) is 2. The quantitative estimate of drug-likeness (QED) is 0.850. The van der Waals surface area contributed by atoms with Crippen LogP contribution < -0.4 is 0 Å². The van der Waals surface area contributed by atoms with Crippen LogP contribution in [0.25, 0.3) is 0 Å². The Labute approximate surface area is 118 Å². The molecular weight excluding hydrogens is 258 g/mol. The molecule has 5 nitrogen and oxygen atoms in total. The van der Waals surface area contributed by atoms with Crippen LogP contribution in [0.1, 0.15) is 36.5 Å². The topological polar surface area (TPSA) is 51.9 Å². The number of hydrogen-bond acceptors (Lipinski definition) is 4. The van der Waals surface area contributed by atoms with Crippen molar-refractivity contribution in [3.8, 4) is 0 Å². The first kappa shape index (κ1) is 13.6. The highest BCUT2D eigenvalue weighted by atomic mass is 16.6. The van der Waals surface area contributed by atoms with E-state index in [0.29, 0.717) is 12.2 Å². The molecule has 1 spiro atoms. The van der Waals surface area contributed by atoms with Gasteiger partial charge < -0.3 is 18.8 Å². The fourth-order valence-electron chi connectivity index (χ4n) is 3.18. The third-order valence-electron chi connectivity index (χ3n) is 4.31. The Balaban J connectivity index is 1.56. The van der Waals surface area contributed by atoms with E-state index in [0.717, 1.165) is 39.0 Å². The lowest BCUT2D eigenvalue weighted by Crippen LogP contribution is -2.46. The van der Waals surface area contributed by atoms with Crippen molar-refractivity contribution in [2.24, 2.45) is 0 Å². The molecule has 2 fully saturated rings. The minimum Gasteiger partial charge on any atom is -0.472 e. The zero-order valence-electron chi connectivity index (χ0n) is 11.8. The molecule has 0 N–H and O–H groups in total. The summed E-state index contributed by atoms with van der Waals surface area (Å²) in [5.74, 6) is 0.0490. The molecule has 110 valence electrons. The zero-order valence-corrected chi connectivity index (χ0v) is 11.8. The molecule has 1 aromatic rings. The predicted molar refractivity (Wildman–Crippen MR) is 72.6 cm³/mol. The van der Waals surface area contributed by atoms with Gasteiger partial charge in [0.2, 0.25) is 0 Å². The zero-order chi connectivity index (χ0) is 14.0. The molecule has 0 aliphatic carbocycles. The van der Waals surface area contributed by atoms with E-state index in [-0.39, 0.29) is 17.6 Å². The van der Waals surface area contributed by atoms with Crippen LogP contribution in [0.4, 0.5) is 0 Å². The molecule has 1 aromatic heterocycles. The Bertz CT molecular complexity index is 448. The molecular formula is C15H21NO4. The number of carbonyl (C=O) groups excluding carboxylic acids is 1. The van der Waals surface area contributed by atoms with Crippen molar-refractivity contribution < 1.29 is 18.7 Å². The van der Waals surface area contributed by atoms with Crippen molar-refractivity contribution in [2.75, 3.05) is 26.3 Å². The summed E-state index contributed by atoms with van der Waals surface area (Å²) in [6.07, 6.45) is 5.99. The summed E-state index contributed by atoms with van der Waals surface area (Å²) in [5.41, 5.74) is 0.549. The van der Waals surface area contributed by atoms with Crippen LogP contribution in [-0.4, -0.2) is 48.8 Å². The van der Waals surface area contributed by atoms with Crippen molar-refractivity contribution in [3.63, 3.8) is 0 Å². The molecule has 2 aliphatic heterocycles. The normalized spacial score (nSPS) is 25.2. The summed E-state index contributed by atoms with van der Waals surface area (Å²) in [4.78, 5) is 14.1. The number of piperidine rings is 1. The van der Waals surface area contributed by atoms with Gasteiger partial charge in [0.25, 0.3) is 5.91 Å². The van der Waals surface area contributed by atoms with Crippen LogP contribution in [0.3, 0.4) is 0 Å². The SMILES string of the molecule is CCO[C@@H]1COC2(CCN(C(=O)c3ccoc3)CC2)C1. The van der Waals surface area contributed by atoms with Crippen molar-refractivity contribution in [2.45, 2.75) is 37.9 Å². The number of carbonyl (C=O) groups is 1. The van der Waals surface area contributed by atoms with Gasteiger partial charge in [0.05, 0.1) is 30.1 Å². The van der Waals surface area contributed by atoms with E-state index < -0.39 is 0 Å². The molecule has 2 saturated heterocycles. The third kappa shape index (κ3) is 2.60. The van der Waals surface area contributed by atoms with Crippen LogP contribution in [0.2, 0.25) is 0 Å². The summed E-state index contributed by atoms with van der Waals surface area (Å²) in [6, 6.07) is 1.71. The summed E-state index contributed by atoms with van der Waals surface area (Å²) in [6.45, 7) is 4.90. The summed E-state index contributed by atoms with van der Waals surface area (Å²) < 4.78 is 16.6. The Kier molecular flexibility index (Phi) is 3.81. The van der Waals surface area contributed by atoms with Gasteiger partial charge in [-0.05, 0) is 25.8 Å². The number of likely N-dealkylation sites (tertiary alicyclic amines) is 1. The minimum absolute atomic E-state index is 0.0490. The fraction of sp³-hybridized carbons (Fsp3) is 0.667. The third-order valence-corrected chi connectivity index (χ3v) is 4.31. The summed E-state index contributed by atoms with van der Waals surface area (Å²) in [5, 5.41) is 0. The maximum atomic E-state index is 12.2. The molecule has 0 saturated carbocycles. The van der Waals surface area contributed by atoms with Crippen LogP contribution in [0.5, 0.6) is 0 Å². The highest BCUT2D eigenvalue weighted by Crippen LogP contribution is 2.37. The fourth-order valence-corrected chi connectivity index (χ4v) is 3.18. The van der Waals surface area contributed by atoms with Crippen LogP contribution >= 0.6 is 0 Å². The molecule has 1 amide bonds. The van der Waals surface area contributed by atoms with Gasteiger partial charge in [0.15, 0.2) is 0 Å². The van der Waals surface area contributed by atoms with Gasteiger partial charge in [-0.2, -0.15) is 0 Å². The number of nitrogens with zero attached hydrogens (tertiary/aromatic N) is 1. The predicted octanol–water partition coefficient (Wildman–Crippen LogP) is 2.08. The first-order chi connectivity index (χ1) is 9.72. The molecule has 20 heavy (non-hydrogen) atoms. The van der Waals surface area contributed by atoms with Crippen molar-refractivity contribution in [1.82, 2.24) is 4.90 Å². The van der Waals surface area contributed by atoms with Gasteiger partial charge in [-0.3, -0.25) is 4.79 Å². The van der Waals surface area contributed by atoms with Gasteiger partial charge in [-0.1, -0.05) is 0 Å². The Morgan fingerprint density at radius 1 is 1.50 bits per heavy atom. The highest BCUT2D eigenvalue weighted by Gasteiger charge is 2.43. The van der Waals surface area contributed by atoms with E-state index in [1.165, 1.54) is 12.5 Å². The molecule has 1 atom stereocenters. The average molecular weight is 279 g/mol. The average Bonchev–Trinajstić information content (AvgIpc) is 3.10. The van der Waals surface area contributed by atoms with Gasteiger partial charge in [-0.25, -0.2) is 0 Å². The lowest BCUT2D eigenvalue weighted by Gasteiger charge is -2.38. The Morgan fingerprint density at radius 2 is 2.30 bits per heavy atom. The molecule has 3 rings (SSSR count). The number of rotatable bonds is 3. The smallest absolute Gasteiger partial charge is 0.257 e. The van der Waals surface area contributed by atoms with Crippen LogP contribution in [-0.2, 0) is 9.47 Å². The number of hydrogen-bond donors (Lipinski definition) is 0. The molecule has 0 bridgehead atoms. The molecule has 3 heterocycles. The van der Waals surface area contributed by atoms with Crippen LogP contribution in [0.15, 0.2) is 23.0 Å². The van der Waals surface area contributed by atoms with Crippen molar-refractivity contribution >= 4 is 5.91 Å². The second kappa shape index (κ2) is 5.58. The monoisotopic (exact) mass is 279 g/mol. The summed E-state index contributed by atoms with van der Waals surface area (Å²) in [7, 11) is 0. The molecule has 0 unspecified atom stereocenters.